The maximum atomic E-state index is 9.30. The van der Waals surface area contributed by atoms with Crippen molar-refractivity contribution < 1.29 is 9.84 Å². The van der Waals surface area contributed by atoms with Gasteiger partial charge in [-0.1, -0.05) is 43.2 Å². The minimum absolute atomic E-state index is 0.0409. The summed E-state index contributed by atoms with van der Waals surface area (Å²) < 4.78 is 5.95. The SMILES string of the molecule is CCC1CC(CO)OC(Cc2ccc(C)cc2)C1. The van der Waals surface area contributed by atoms with Crippen molar-refractivity contribution in [1.29, 1.82) is 0 Å². The molecule has 100 valence electrons. The summed E-state index contributed by atoms with van der Waals surface area (Å²) in [7, 11) is 0. The fourth-order valence-corrected chi connectivity index (χ4v) is 2.79. The zero-order chi connectivity index (χ0) is 13.0. The number of hydrogen-bond acceptors (Lipinski definition) is 2. The van der Waals surface area contributed by atoms with E-state index in [0.29, 0.717) is 5.92 Å². The first-order valence-corrected chi connectivity index (χ1v) is 7.03. The zero-order valence-electron chi connectivity index (χ0n) is 11.4. The summed E-state index contributed by atoms with van der Waals surface area (Å²) in [5, 5.41) is 9.30. The Hall–Kier alpha value is -0.860. The van der Waals surface area contributed by atoms with E-state index in [1.165, 1.54) is 17.5 Å². The van der Waals surface area contributed by atoms with Crippen molar-refractivity contribution in [2.75, 3.05) is 6.61 Å². The van der Waals surface area contributed by atoms with Crippen molar-refractivity contribution in [2.45, 2.75) is 51.7 Å². The lowest BCUT2D eigenvalue weighted by atomic mass is 9.87. The van der Waals surface area contributed by atoms with Crippen LogP contribution in [0.15, 0.2) is 24.3 Å². The molecule has 1 heterocycles. The summed E-state index contributed by atoms with van der Waals surface area (Å²) in [6.07, 6.45) is 4.60. The summed E-state index contributed by atoms with van der Waals surface area (Å²) in [5.74, 6) is 0.700. The van der Waals surface area contributed by atoms with Gasteiger partial charge in [-0.2, -0.15) is 0 Å². The van der Waals surface area contributed by atoms with Crippen LogP contribution in [0.3, 0.4) is 0 Å². The lowest BCUT2D eigenvalue weighted by Gasteiger charge is -2.34. The van der Waals surface area contributed by atoms with Crippen molar-refractivity contribution in [2.24, 2.45) is 5.92 Å². The Morgan fingerprint density at radius 2 is 1.83 bits per heavy atom. The fourth-order valence-electron chi connectivity index (χ4n) is 2.79. The molecule has 1 aliphatic heterocycles. The lowest BCUT2D eigenvalue weighted by molar-refractivity contribution is -0.0903. The van der Waals surface area contributed by atoms with Gasteiger partial charge in [-0.25, -0.2) is 0 Å². The van der Waals surface area contributed by atoms with Crippen LogP contribution in [0.5, 0.6) is 0 Å². The van der Waals surface area contributed by atoms with Crippen LogP contribution in [0.1, 0.15) is 37.3 Å². The molecule has 0 aromatic heterocycles. The highest BCUT2D eigenvalue weighted by Gasteiger charge is 2.28. The number of aliphatic hydroxyl groups excluding tert-OH is 1. The number of rotatable bonds is 4. The Labute approximate surface area is 110 Å². The molecule has 1 saturated heterocycles. The first kappa shape index (κ1) is 13.6. The number of benzene rings is 1. The smallest absolute Gasteiger partial charge is 0.0812 e. The molecule has 0 bridgehead atoms. The molecular formula is C16H24O2. The van der Waals surface area contributed by atoms with Crippen LogP contribution < -0.4 is 0 Å². The second-order valence-electron chi connectivity index (χ2n) is 5.50. The quantitative estimate of drug-likeness (QED) is 0.887. The maximum Gasteiger partial charge on any atom is 0.0812 e. The largest absolute Gasteiger partial charge is 0.394 e. The third kappa shape index (κ3) is 3.56. The Bertz CT molecular complexity index is 346. The molecule has 0 amide bonds. The molecule has 0 aliphatic carbocycles. The Morgan fingerprint density at radius 3 is 2.44 bits per heavy atom. The first-order valence-electron chi connectivity index (χ1n) is 7.03. The van der Waals surface area contributed by atoms with Gasteiger partial charge in [-0.05, 0) is 37.7 Å². The lowest BCUT2D eigenvalue weighted by Crippen LogP contribution is -2.36. The van der Waals surface area contributed by atoms with Crippen LogP contribution >= 0.6 is 0 Å². The monoisotopic (exact) mass is 248 g/mol. The minimum Gasteiger partial charge on any atom is -0.394 e. The van der Waals surface area contributed by atoms with Gasteiger partial charge < -0.3 is 9.84 Å². The van der Waals surface area contributed by atoms with Crippen LogP contribution in [-0.4, -0.2) is 23.9 Å². The normalized spacial score (nSPS) is 28.3. The van der Waals surface area contributed by atoms with Crippen molar-refractivity contribution in [3.05, 3.63) is 35.4 Å². The highest BCUT2D eigenvalue weighted by Crippen LogP contribution is 2.29. The molecule has 1 N–H and O–H groups in total. The van der Waals surface area contributed by atoms with E-state index in [9.17, 15) is 5.11 Å². The molecule has 3 atom stereocenters. The second kappa shape index (κ2) is 6.35. The van der Waals surface area contributed by atoms with E-state index in [0.717, 1.165) is 19.3 Å². The molecule has 1 aromatic carbocycles. The van der Waals surface area contributed by atoms with Crippen molar-refractivity contribution in [3.8, 4) is 0 Å². The maximum absolute atomic E-state index is 9.30. The van der Waals surface area contributed by atoms with Gasteiger partial charge in [0.15, 0.2) is 0 Å². The summed E-state index contributed by atoms with van der Waals surface area (Å²) in [6.45, 7) is 4.49. The van der Waals surface area contributed by atoms with Crippen molar-refractivity contribution in [1.82, 2.24) is 0 Å². The Kier molecular flexibility index (Phi) is 4.79. The van der Waals surface area contributed by atoms with Crippen molar-refractivity contribution >= 4 is 0 Å². The number of ether oxygens (including phenoxy) is 1. The summed E-state index contributed by atoms with van der Waals surface area (Å²) in [6, 6.07) is 8.67. The third-order valence-corrected chi connectivity index (χ3v) is 3.94. The predicted molar refractivity (Wildman–Crippen MR) is 73.6 cm³/mol. The molecular weight excluding hydrogens is 224 g/mol. The van der Waals surface area contributed by atoms with Gasteiger partial charge in [-0.3, -0.25) is 0 Å². The first-order chi connectivity index (χ1) is 8.71. The van der Waals surface area contributed by atoms with E-state index in [1.807, 2.05) is 0 Å². The van der Waals surface area contributed by atoms with Crippen LogP contribution in [0.25, 0.3) is 0 Å². The van der Waals surface area contributed by atoms with Gasteiger partial charge >= 0.3 is 0 Å². The van der Waals surface area contributed by atoms with Gasteiger partial charge in [-0.15, -0.1) is 0 Å². The molecule has 2 rings (SSSR count). The predicted octanol–water partition coefficient (Wildman–Crippen LogP) is 3.10. The highest BCUT2D eigenvalue weighted by molar-refractivity contribution is 5.21. The summed E-state index contributed by atoms with van der Waals surface area (Å²) >= 11 is 0. The van der Waals surface area contributed by atoms with Gasteiger partial charge in [0.25, 0.3) is 0 Å². The average Bonchev–Trinajstić information content (AvgIpc) is 2.41. The van der Waals surface area contributed by atoms with E-state index in [4.69, 9.17) is 4.74 Å². The fraction of sp³-hybridized carbons (Fsp3) is 0.625. The third-order valence-electron chi connectivity index (χ3n) is 3.94. The van der Waals surface area contributed by atoms with E-state index < -0.39 is 0 Å². The summed E-state index contributed by atoms with van der Waals surface area (Å²) in [4.78, 5) is 0. The van der Waals surface area contributed by atoms with Crippen LogP contribution in [0.2, 0.25) is 0 Å². The molecule has 2 heteroatoms. The van der Waals surface area contributed by atoms with Crippen LogP contribution in [0.4, 0.5) is 0 Å². The van der Waals surface area contributed by atoms with Gasteiger partial charge in [0.05, 0.1) is 18.8 Å². The van der Waals surface area contributed by atoms with E-state index in [-0.39, 0.29) is 18.8 Å². The second-order valence-corrected chi connectivity index (χ2v) is 5.50. The topological polar surface area (TPSA) is 29.5 Å². The molecule has 1 aliphatic rings. The van der Waals surface area contributed by atoms with Crippen LogP contribution in [0, 0.1) is 12.8 Å². The number of hydrogen-bond donors (Lipinski definition) is 1. The minimum atomic E-state index is 0.0409. The molecule has 2 nitrogen and oxygen atoms in total. The van der Waals surface area contributed by atoms with Gasteiger partial charge in [0.1, 0.15) is 0 Å². The standard InChI is InChI=1S/C16H24O2/c1-3-13-8-15(18-16(9-13)11-17)10-14-6-4-12(2)5-7-14/h4-7,13,15-17H,3,8-11H2,1-2H3. The zero-order valence-corrected chi connectivity index (χ0v) is 11.4. The Morgan fingerprint density at radius 1 is 1.17 bits per heavy atom. The molecule has 18 heavy (non-hydrogen) atoms. The van der Waals surface area contributed by atoms with E-state index in [1.54, 1.807) is 0 Å². The van der Waals surface area contributed by atoms with E-state index in [2.05, 4.69) is 38.1 Å². The summed E-state index contributed by atoms with van der Waals surface area (Å²) in [5.41, 5.74) is 2.63. The molecule has 0 saturated carbocycles. The highest BCUT2D eigenvalue weighted by atomic mass is 16.5. The Balaban J connectivity index is 1.97. The number of aliphatic hydroxyl groups is 1. The molecule has 1 fully saturated rings. The molecule has 1 aromatic rings. The average molecular weight is 248 g/mol. The molecule has 0 spiro atoms. The molecule has 3 unspecified atom stereocenters. The van der Waals surface area contributed by atoms with Crippen LogP contribution in [-0.2, 0) is 11.2 Å². The molecule has 0 radical (unpaired) electrons. The van der Waals surface area contributed by atoms with Crippen molar-refractivity contribution in [3.63, 3.8) is 0 Å². The number of aryl methyl sites for hydroxylation is 1. The van der Waals surface area contributed by atoms with Gasteiger partial charge in [0, 0.05) is 0 Å². The van der Waals surface area contributed by atoms with E-state index >= 15 is 0 Å². The van der Waals surface area contributed by atoms with Gasteiger partial charge in [0.2, 0.25) is 0 Å².